The molecule has 0 atom stereocenters. The van der Waals surface area contributed by atoms with Crippen LogP contribution in [-0.4, -0.2) is 27.5 Å². The Kier molecular flexibility index (Phi) is 6.09. The highest BCUT2D eigenvalue weighted by atomic mass is 32.1. The smallest absolute Gasteiger partial charge is 0.348 e. The number of nitrogens with one attached hydrogen (secondary N) is 1. The summed E-state index contributed by atoms with van der Waals surface area (Å²) in [5.41, 5.74) is 3.18. The topological polar surface area (TPSA) is 107 Å². The number of rotatable bonds is 7. The van der Waals surface area contributed by atoms with Crippen LogP contribution >= 0.6 is 11.3 Å². The highest BCUT2D eigenvalue weighted by molar-refractivity contribution is 7.20. The van der Waals surface area contributed by atoms with Gasteiger partial charge in [0.2, 0.25) is 0 Å². The Morgan fingerprint density at radius 1 is 1.16 bits per heavy atom. The Bertz CT molecular complexity index is 1300. The average Bonchev–Trinajstić information content (AvgIpc) is 3.13. The van der Waals surface area contributed by atoms with Crippen LogP contribution in [0.4, 0.5) is 17.2 Å². The van der Waals surface area contributed by atoms with Crippen LogP contribution < -0.4 is 5.32 Å². The van der Waals surface area contributed by atoms with Gasteiger partial charge in [-0.15, -0.1) is 11.3 Å². The fourth-order valence-electron chi connectivity index (χ4n) is 3.32. The number of nitro groups is 1. The molecule has 0 aliphatic heterocycles. The summed E-state index contributed by atoms with van der Waals surface area (Å²) in [5.74, 6) is 0.0783. The predicted molar refractivity (Wildman–Crippen MR) is 124 cm³/mol. The lowest BCUT2D eigenvalue weighted by molar-refractivity contribution is -0.384. The van der Waals surface area contributed by atoms with Gasteiger partial charge < -0.3 is 10.1 Å². The maximum atomic E-state index is 12.7. The van der Waals surface area contributed by atoms with E-state index in [0.717, 1.165) is 11.1 Å². The molecule has 32 heavy (non-hydrogen) atoms. The van der Waals surface area contributed by atoms with Gasteiger partial charge in [-0.3, -0.25) is 10.1 Å². The van der Waals surface area contributed by atoms with Gasteiger partial charge in [0, 0.05) is 24.2 Å². The molecule has 2 aromatic carbocycles. The second-order valence-corrected chi connectivity index (χ2v) is 8.21. The summed E-state index contributed by atoms with van der Waals surface area (Å²) in [4.78, 5) is 33.1. The molecule has 4 aromatic rings. The molecule has 0 radical (unpaired) electrons. The van der Waals surface area contributed by atoms with Crippen LogP contribution in [0.1, 0.15) is 26.4 Å². The van der Waals surface area contributed by atoms with E-state index < -0.39 is 10.9 Å². The minimum absolute atomic E-state index is 0.0203. The number of hydrogen-bond donors (Lipinski definition) is 1. The van der Waals surface area contributed by atoms with Crippen LogP contribution in [-0.2, 0) is 11.2 Å². The van der Waals surface area contributed by atoms with E-state index in [9.17, 15) is 14.9 Å². The van der Waals surface area contributed by atoms with Gasteiger partial charge in [-0.2, -0.15) is 0 Å². The van der Waals surface area contributed by atoms with Crippen molar-refractivity contribution in [3.8, 4) is 0 Å². The van der Waals surface area contributed by atoms with E-state index in [4.69, 9.17) is 4.74 Å². The quantitative estimate of drug-likeness (QED) is 0.230. The van der Waals surface area contributed by atoms with Crippen molar-refractivity contribution in [3.05, 3.63) is 86.5 Å². The number of hydrogen-bond acceptors (Lipinski definition) is 8. The van der Waals surface area contributed by atoms with Gasteiger partial charge in [0.1, 0.15) is 21.9 Å². The number of aromatic nitrogens is 2. The van der Waals surface area contributed by atoms with Gasteiger partial charge in [-0.05, 0) is 30.5 Å². The van der Waals surface area contributed by atoms with Crippen LogP contribution in [0.25, 0.3) is 10.2 Å². The molecule has 4 rings (SSSR count). The third kappa shape index (κ3) is 4.42. The third-order valence-corrected chi connectivity index (χ3v) is 6.24. The molecule has 0 saturated heterocycles. The summed E-state index contributed by atoms with van der Waals surface area (Å²) in [7, 11) is 0. The monoisotopic (exact) mass is 448 g/mol. The molecule has 0 unspecified atom stereocenters. The van der Waals surface area contributed by atoms with E-state index in [-0.39, 0.29) is 12.3 Å². The van der Waals surface area contributed by atoms with Gasteiger partial charge >= 0.3 is 5.97 Å². The molecule has 0 saturated carbocycles. The normalized spacial score (nSPS) is 10.8. The molecule has 0 aliphatic carbocycles. The van der Waals surface area contributed by atoms with Gasteiger partial charge in [-0.1, -0.05) is 36.4 Å². The summed E-state index contributed by atoms with van der Waals surface area (Å²) in [6, 6.07) is 14.4. The lowest BCUT2D eigenvalue weighted by Gasteiger charge is -2.10. The predicted octanol–water partition coefficient (Wildman–Crippen LogP) is 5.36. The van der Waals surface area contributed by atoms with Gasteiger partial charge in [-0.25, -0.2) is 14.8 Å². The molecule has 1 N–H and O–H groups in total. The second kappa shape index (κ2) is 9.11. The number of nitro benzene ring substituents is 1. The van der Waals surface area contributed by atoms with Crippen molar-refractivity contribution in [2.75, 3.05) is 11.9 Å². The Balaban J connectivity index is 1.58. The Hall–Kier alpha value is -3.85. The molecule has 0 amide bonds. The minimum atomic E-state index is -0.445. The van der Waals surface area contributed by atoms with E-state index in [1.807, 2.05) is 44.2 Å². The van der Waals surface area contributed by atoms with Crippen LogP contribution in [0, 0.1) is 24.0 Å². The number of anilines is 2. The number of nitrogens with zero attached hydrogens (tertiary/aromatic N) is 3. The molecule has 9 heteroatoms. The molecule has 0 bridgehead atoms. The molecular formula is C23H20N4O4S. The van der Waals surface area contributed by atoms with Crippen LogP contribution in [0.2, 0.25) is 0 Å². The lowest BCUT2D eigenvalue weighted by Crippen LogP contribution is -2.07. The zero-order chi connectivity index (χ0) is 22.7. The average molecular weight is 449 g/mol. The largest absolute Gasteiger partial charge is 0.461 e. The summed E-state index contributed by atoms with van der Waals surface area (Å²) in [6.45, 7) is 3.95. The van der Waals surface area contributed by atoms with Crippen molar-refractivity contribution in [2.24, 2.45) is 0 Å². The van der Waals surface area contributed by atoms with E-state index in [1.165, 1.54) is 29.8 Å². The number of non-ortho nitro benzene ring substituents is 1. The molecule has 0 spiro atoms. The number of thiophene rings is 1. The van der Waals surface area contributed by atoms with E-state index in [2.05, 4.69) is 15.3 Å². The van der Waals surface area contributed by atoms with Crippen LogP contribution in [0.5, 0.6) is 0 Å². The number of ether oxygens (including phenoxy) is 1. The van der Waals surface area contributed by atoms with E-state index >= 15 is 0 Å². The van der Waals surface area contributed by atoms with E-state index in [1.54, 1.807) is 6.07 Å². The Labute approximate surface area is 188 Å². The zero-order valence-electron chi connectivity index (χ0n) is 17.5. The van der Waals surface area contributed by atoms with Crippen molar-refractivity contribution >= 4 is 44.7 Å². The fraction of sp³-hybridized carbons (Fsp3) is 0.174. The Morgan fingerprint density at radius 2 is 1.94 bits per heavy atom. The number of aryl methyl sites for hydroxylation is 2. The van der Waals surface area contributed by atoms with Crippen molar-refractivity contribution < 1.29 is 14.5 Å². The number of benzene rings is 2. The summed E-state index contributed by atoms with van der Waals surface area (Å²) >= 11 is 1.24. The zero-order valence-corrected chi connectivity index (χ0v) is 18.3. The molecule has 0 aliphatic rings. The summed E-state index contributed by atoms with van der Waals surface area (Å²) in [5, 5.41) is 15.0. The van der Waals surface area contributed by atoms with Crippen LogP contribution in [0.3, 0.4) is 0 Å². The Morgan fingerprint density at radius 3 is 2.69 bits per heavy atom. The SMILES string of the molecule is Cc1ccc([N+](=O)[O-])cc1Nc1ncnc2sc(C(=O)OCCc3ccccc3)c(C)c12. The van der Waals surface area contributed by atoms with Gasteiger partial charge in [0.05, 0.1) is 16.9 Å². The van der Waals surface area contributed by atoms with E-state index in [0.29, 0.717) is 38.6 Å². The summed E-state index contributed by atoms with van der Waals surface area (Å²) in [6.07, 6.45) is 2.03. The maximum Gasteiger partial charge on any atom is 0.348 e. The van der Waals surface area contributed by atoms with Gasteiger partial charge in [0.15, 0.2) is 0 Å². The lowest BCUT2D eigenvalue weighted by atomic mass is 10.1. The summed E-state index contributed by atoms with van der Waals surface area (Å²) < 4.78 is 5.49. The third-order valence-electron chi connectivity index (χ3n) is 5.06. The number of esters is 1. The van der Waals surface area contributed by atoms with Crippen LogP contribution in [0.15, 0.2) is 54.9 Å². The number of carbonyl (C=O) groups is 1. The highest BCUT2D eigenvalue weighted by Crippen LogP contribution is 2.35. The first-order chi connectivity index (χ1) is 15.4. The first kappa shape index (κ1) is 21.4. The molecule has 2 heterocycles. The minimum Gasteiger partial charge on any atom is -0.461 e. The second-order valence-electron chi connectivity index (χ2n) is 7.21. The maximum absolute atomic E-state index is 12.7. The molecule has 162 valence electrons. The highest BCUT2D eigenvalue weighted by Gasteiger charge is 2.21. The molecule has 0 fully saturated rings. The molecular weight excluding hydrogens is 428 g/mol. The first-order valence-electron chi connectivity index (χ1n) is 9.91. The number of fused-ring (bicyclic) bond motifs is 1. The standard InChI is InChI=1S/C23H20N4O4S/c1-14-8-9-17(27(29)30)12-18(14)26-21-19-15(2)20(32-22(19)25-13-24-21)23(28)31-11-10-16-6-4-3-5-7-16/h3-9,12-13H,10-11H2,1-2H3,(H,24,25,26). The van der Waals surface area contributed by atoms with Crippen molar-refractivity contribution in [1.82, 2.24) is 9.97 Å². The van der Waals surface area contributed by atoms with Crippen molar-refractivity contribution in [1.29, 1.82) is 0 Å². The fourth-order valence-corrected chi connectivity index (χ4v) is 4.36. The van der Waals surface area contributed by atoms with Crippen molar-refractivity contribution in [3.63, 3.8) is 0 Å². The van der Waals surface area contributed by atoms with Crippen molar-refractivity contribution in [2.45, 2.75) is 20.3 Å². The number of carbonyl (C=O) groups excluding carboxylic acids is 1. The van der Waals surface area contributed by atoms with Gasteiger partial charge in [0.25, 0.3) is 5.69 Å². The molecule has 8 nitrogen and oxygen atoms in total. The first-order valence-corrected chi connectivity index (χ1v) is 10.7. The molecule has 2 aromatic heterocycles.